The van der Waals surface area contributed by atoms with E-state index >= 15 is 0 Å². The van der Waals surface area contributed by atoms with Gasteiger partial charge >= 0.3 is 0 Å². The normalized spacial score (nSPS) is 11.3. The second kappa shape index (κ2) is 7.53. The molecule has 0 radical (unpaired) electrons. The molecule has 3 aromatic rings. The summed E-state index contributed by atoms with van der Waals surface area (Å²) in [6.07, 6.45) is 3.60. The number of amides is 1. The number of nitrogens with one attached hydrogen (secondary N) is 1. The van der Waals surface area contributed by atoms with Gasteiger partial charge in [-0.1, -0.05) is 19.1 Å². The highest BCUT2D eigenvalue weighted by Gasteiger charge is 2.12. The lowest BCUT2D eigenvalue weighted by Gasteiger charge is -2.08. The first-order chi connectivity index (χ1) is 12.5. The van der Waals surface area contributed by atoms with Gasteiger partial charge in [-0.25, -0.2) is 8.42 Å². The maximum atomic E-state index is 12.3. The van der Waals surface area contributed by atoms with Crippen molar-refractivity contribution < 1.29 is 13.2 Å². The molecule has 0 saturated heterocycles. The van der Waals surface area contributed by atoms with Crippen molar-refractivity contribution in [3.63, 3.8) is 0 Å². The van der Waals surface area contributed by atoms with Crippen molar-refractivity contribution in [2.45, 2.75) is 18.4 Å². The number of carbonyl (C=O) groups excluding carboxylic acids is 1. The molecule has 0 bridgehead atoms. The second-order valence-corrected chi connectivity index (χ2v) is 8.06. The van der Waals surface area contributed by atoms with Gasteiger partial charge in [-0.3, -0.25) is 9.48 Å². The molecule has 0 spiro atoms. The van der Waals surface area contributed by atoms with Gasteiger partial charge in [0.25, 0.3) is 5.91 Å². The van der Waals surface area contributed by atoms with Crippen molar-refractivity contribution in [1.29, 1.82) is 0 Å². The van der Waals surface area contributed by atoms with Crippen LogP contribution in [-0.2, 0) is 16.4 Å². The van der Waals surface area contributed by atoms with Crippen molar-refractivity contribution in [3.05, 3.63) is 78.1 Å². The molecule has 2 aromatic carbocycles. The largest absolute Gasteiger partial charge is 0.322 e. The minimum atomic E-state index is -3.24. The molecule has 26 heavy (non-hydrogen) atoms. The lowest BCUT2D eigenvalue weighted by Crippen LogP contribution is -2.12. The molecular weight excluding hydrogens is 350 g/mol. The average Bonchev–Trinajstić information content (AvgIpc) is 3.16. The topological polar surface area (TPSA) is 81.1 Å². The number of sulfone groups is 1. The van der Waals surface area contributed by atoms with Crippen LogP contribution in [0.3, 0.4) is 0 Å². The number of hydrogen-bond donors (Lipinski definition) is 1. The number of carbonyl (C=O) groups is 1. The van der Waals surface area contributed by atoms with Crippen molar-refractivity contribution in [2.24, 2.45) is 0 Å². The molecule has 3 rings (SSSR count). The SMILES string of the molecule is CCS(=O)(=O)c1ccc(NC(=O)c2ccc(Cn3cccn3)cc2)cc1. The van der Waals surface area contributed by atoms with Crippen LogP contribution < -0.4 is 5.32 Å². The van der Waals surface area contributed by atoms with Crippen LogP contribution in [0.5, 0.6) is 0 Å². The Kier molecular flexibility index (Phi) is 5.18. The number of aromatic nitrogens is 2. The Bertz CT molecular complexity index is 978. The molecule has 6 nitrogen and oxygen atoms in total. The van der Waals surface area contributed by atoms with Gasteiger partial charge < -0.3 is 5.32 Å². The fraction of sp³-hybridized carbons (Fsp3) is 0.158. The quantitative estimate of drug-likeness (QED) is 0.724. The fourth-order valence-corrected chi connectivity index (χ4v) is 3.34. The molecule has 134 valence electrons. The summed E-state index contributed by atoms with van der Waals surface area (Å²) in [7, 11) is -3.24. The van der Waals surface area contributed by atoms with E-state index in [0.29, 0.717) is 17.8 Å². The Morgan fingerprint density at radius 1 is 1.08 bits per heavy atom. The standard InChI is InChI=1S/C19H19N3O3S/c1-2-26(24,25)18-10-8-17(9-11-18)21-19(23)16-6-4-15(5-7-16)14-22-13-3-12-20-22/h3-13H,2,14H2,1H3,(H,21,23). The summed E-state index contributed by atoms with van der Waals surface area (Å²) in [6.45, 7) is 2.24. The number of anilines is 1. The number of benzene rings is 2. The Morgan fingerprint density at radius 3 is 2.35 bits per heavy atom. The van der Waals surface area contributed by atoms with Crippen LogP contribution in [0, 0.1) is 0 Å². The average molecular weight is 369 g/mol. The fourth-order valence-electron chi connectivity index (χ4n) is 2.46. The summed E-state index contributed by atoms with van der Waals surface area (Å²) >= 11 is 0. The minimum Gasteiger partial charge on any atom is -0.322 e. The van der Waals surface area contributed by atoms with Crippen LogP contribution in [0.25, 0.3) is 0 Å². The first-order valence-corrected chi connectivity index (χ1v) is 9.84. The van der Waals surface area contributed by atoms with Crippen LogP contribution in [-0.4, -0.2) is 29.9 Å². The van der Waals surface area contributed by atoms with Crippen molar-refractivity contribution in [2.75, 3.05) is 11.1 Å². The van der Waals surface area contributed by atoms with Crippen molar-refractivity contribution in [3.8, 4) is 0 Å². The van der Waals surface area contributed by atoms with E-state index in [1.807, 2.05) is 24.4 Å². The molecule has 1 amide bonds. The molecule has 1 N–H and O–H groups in total. The van der Waals surface area contributed by atoms with Gasteiger partial charge in [0.2, 0.25) is 0 Å². The van der Waals surface area contributed by atoms with Crippen LogP contribution in [0.15, 0.2) is 71.9 Å². The molecule has 1 aromatic heterocycles. The van der Waals surface area contributed by atoms with Gasteiger partial charge in [-0.15, -0.1) is 0 Å². The monoisotopic (exact) mass is 369 g/mol. The van der Waals surface area contributed by atoms with Gasteiger partial charge in [0.1, 0.15) is 0 Å². The Balaban J connectivity index is 1.66. The lowest BCUT2D eigenvalue weighted by atomic mass is 10.1. The molecule has 0 aliphatic heterocycles. The van der Waals surface area contributed by atoms with E-state index in [4.69, 9.17) is 0 Å². The van der Waals surface area contributed by atoms with Crippen LogP contribution in [0.2, 0.25) is 0 Å². The lowest BCUT2D eigenvalue weighted by molar-refractivity contribution is 0.102. The first-order valence-electron chi connectivity index (χ1n) is 8.18. The maximum Gasteiger partial charge on any atom is 0.255 e. The van der Waals surface area contributed by atoms with E-state index in [1.54, 1.807) is 42.1 Å². The summed E-state index contributed by atoms with van der Waals surface area (Å²) in [4.78, 5) is 12.6. The first kappa shape index (κ1) is 17.9. The van der Waals surface area contributed by atoms with E-state index < -0.39 is 9.84 Å². The Morgan fingerprint density at radius 2 is 1.77 bits per heavy atom. The van der Waals surface area contributed by atoms with E-state index in [9.17, 15) is 13.2 Å². The van der Waals surface area contributed by atoms with Crippen molar-refractivity contribution >= 4 is 21.4 Å². The summed E-state index contributed by atoms with van der Waals surface area (Å²) in [5.41, 5.74) is 2.12. The molecule has 0 aliphatic rings. The summed E-state index contributed by atoms with van der Waals surface area (Å²) < 4.78 is 25.4. The Labute approximate surface area is 152 Å². The van der Waals surface area contributed by atoms with Gasteiger partial charge in [-0.05, 0) is 48.0 Å². The van der Waals surface area contributed by atoms with Gasteiger partial charge in [0.15, 0.2) is 9.84 Å². The molecule has 0 unspecified atom stereocenters. The van der Waals surface area contributed by atoms with Gasteiger partial charge in [0, 0.05) is 23.6 Å². The van der Waals surface area contributed by atoms with Gasteiger partial charge in [0.05, 0.1) is 17.2 Å². The van der Waals surface area contributed by atoms with E-state index in [0.717, 1.165) is 5.56 Å². The minimum absolute atomic E-state index is 0.0452. The zero-order chi connectivity index (χ0) is 18.6. The van der Waals surface area contributed by atoms with Gasteiger partial charge in [-0.2, -0.15) is 5.10 Å². The molecule has 0 atom stereocenters. The molecule has 0 aliphatic carbocycles. The highest BCUT2D eigenvalue weighted by atomic mass is 32.2. The molecule has 1 heterocycles. The molecular formula is C19H19N3O3S. The van der Waals surface area contributed by atoms with E-state index in [2.05, 4.69) is 10.4 Å². The third-order valence-electron chi connectivity index (χ3n) is 3.97. The van der Waals surface area contributed by atoms with Crippen molar-refractivity contribution in [1.82, 2.24) is 9.78 Å². The zero-order valence-electron chi connectivity index (χ0n) is 14.3. The van der Waals surface area contributed by atoms with E-state index in [-0.39, 0.29) is 16.6 Å². The molecule has 7 heteroatoms. The van der Waals surface area contributed by atoms with Crippen LogP contribution >= 0.6 is 0 Å². The maximum absolute atomic E-state index is 12.3. The zero-order valence-corrected chi connectivity index (χ0v) is 15.1. The summed E-state index contributed by atoms with van der Waals surface area (Å²) in [5, 5.41) is 6.92. The molecule has 0 fully saturated rings. The smallest absolute Gasteiger partial charge is 0.255 e. The number of rotatable bonds is 6. The van der Waals surface area contributed by atoms with Crippen LogP contribution in [0.1, 0.15) is 22.8 Å². The Hall–Kier alpha value is -2.93. The third-order valence-corrected chi connectivity index (χ3v) is 5.72. The third kappa shape index (κ3) is 4.18. The van der Waals surface area contributed by atoms with E-state index in [1.165, 1.54) is 12.1 Å². The number of nitrogens with zero attached hydrogens (tertiary/aromatic N) is 2. The van der Waals surface area contributed by atoms with Crippen LogP contribution in [0.4, 0.5) is 5.69 Å². The highest BCUT2D eigenvalue weighted by molar-refractivity contribution is 7.91. The summed E-state index contributed by atoms with van der Waals surface area (Å²) in [6, 6.07) is 15.3. The predicted octanol–water partition coefficient (Wildman–Crippen LogP) is 2.98. The summed E-state index contributed by atoms with van der Waals surface area (Å²) in [5.74, 6) is -0.203. The predicted molar refractivity (Wildman–Crippen MR) is 99.9 cm³/mol. The highest BCUT2D eigenvalue weighted by Crippen LogP contribution is 2.16. The molecule has 0 saturated carbocycles. The second-order valence-electron chi connectivity index (χ2n) is 5.78. The number of hydrogen-bond acceptors (Lipinski definition) is 4.